The summed E-state index contributed by atoms with van der Waals surface area (Å²) in [5.41, 5.74) is 0. The zero-order chi connectivity index (χ0) is 15.2. The fraction of sp³-hybridized carbons (Fsp3) is 0.733. The number of hydrogen-bond acceptors (Lipinski definition) is 4. The van der Waals surface area contributed by atoms with Crippen molar-refractivity contribution >= 4 is 5.91 Å². The maximum absolute atomic E-state index is 11.9. The van der Waals surface area contributed by atoms with Crippen LogP contribution >= 0.6 is 0 Å². The van der Waals surface area contributed by atoms with Crippen LogP contribution < -0.4 is 5.32 Å². The van der Waals surface area contributed by atoms with E-state index in [4.69, 9.17) is 4.74 Å². The largest absolute Gasteiger partial charge is 0.373 e. The number of nitrogens with one attached hydrogen (secondary N) is 1. The molecule has 1 fully saturated rings. The van der Waals surface area contributed by atoms with Crippen LogP contribution in [0.2, 0.25) is 0 Å². The number of rotatable bonds is 6. The first-order valence-corrected chi connectivity index (χ1v) is 7.69. The Bertz CT molecular complexity index is 450. The van der Waals surface area contributed by atoms with Crippen LogP contribution in [0.25, 0.3) is 0 Å². The van der Waals surface area contributed by atoms with Crippen molar-refractivity contribution in [2.45, 2.75) is 38.9 Å². The van der Waals surface area contributed by atoms with E-state index in [-0.39, 0.29) is 5.91 Å². The molecule has 118 valence electrons. The summed E-state index contributed by atoms with van der Waals surface area (Å²) >= 11 is 0. The van der Waals surface area contributed by atoms with Gasteiger partial charge in [0, 0.05) is 39.1 Å². The van der Waals surface area contributed by atoms with Crippen LogP contribution in [0.3, 0.4) is 0 Å². The number of nitrogens with zero attached hydrogens (tertiary/aromatic N) is 3. The van der Waals surface area contributed by atoms with Crippen LogP contribution in [0.4, 0.5) is 0 Å². The quantitative estimate of drug-likeness (QED) is 0.797. The maximum atomic E-state index is 11.9. The molecule has 1 N–H and O–H groups in total. The van der Waals surface area contributed by atoms with Gasteiger partial charge in [-0.3, -0.25) is 9.69 Å². The van der Waals surface area contributed by atoms with E-state index < -0.39 is 0 Å². The lowest BCUT2D eigenvalue weighted by molar-refractivity contribution is -0.0681. The second kappa shape index (κ2) is 7.56. The number of aryl methyl sites for hydroxylation is 1. The lowest BCUT2D eigenvalue weighted by Gasteiger charge is -2.35. The summed E-state index contributed by atoms with van der Waals surface area (Å²) < 4.78 is 7.45. The minimum absolute atomic E-state index is 0.101. The van der Waals surface area contributed by atoms with Crippen LogP contribution in [-0.2, 0) is 11.8 Å². The van der Waals surface area contributed by atoms with Gasteiger partial charge in [0.2, 0.25) is 0 Å². The van der Waals surface area contributed by atoms with Gasteiger partial charge in [-0.1, -0.05) is 0 Å². The SMILES string of the molecule is C[C@@H]1CN(CCCCNC(=O)c2nccn2C)C[C@@H](C)O1. The smallest absolute Gasteiger partial charge is 0.287 e. The predicted octanol–water partition coefficient (Wildman–Crippen LogP) is 1.04. The highest BCUT2D eigenvalue weighted by Gasteiger charge is 2.21. The Morgan fingerprint density at radius 3 is 2.71 bits per heavy atom. The molecule has 6 nitrogen and oxygen atoms in total. The Morgan fingerprint density at radius 2 is 2.10 bits per heavy atom. The molecule has 0 unspecified atom stereocenters. The third kappa shape index (κ3) is 4.82. The number of hydrogen-bond donors (Lipinski definition) is 1. The molecular weight excluding hydrogens is 268 g/mol. The number of morpholine rings is 1. The van der Waals surface area contributed by atoms with Gasteiger partial charge in [0.25, 0.3) is 5.91 Å². The van der Waals surface area contributed by atoms with Gasteiger partial charge in [0.05, 0.1) is 12.2 Å². The van der Waals surface area contributed by atoms with Crippen LogP contribution in [0.5, 0.6) is 0 Å². The molecule has 1 aliphatic heterocycles. The summed E-state index contributed by atoms with van der Waals surface area (Å²) in [7, 11) is 1.82. The second-order valence-corrected chi connectivity index (χ2v) is 5.84. The number of aromatic nitrogens is 2. The van der Waals surface area contributed by atoms with Crippen molar-refractivity contribution < 1.29 is 9.53 Å². The first-order chi connectivity index (χ1) is 10.1. The zero-order valence-electron chi connectivity index (χ0n) is 13.2. The molecule has 1 aromatic rings. The van der Waals surface area contributed by atoms with E-state index >= 15 is 0 Å². The Kier molecular flexibility index (Phi) is 5.76. The van der Waals surface area contributed by atoms with Crippen molar-refractivity contribution in [1.29, 1.82) is 0 Å². The average Bonchev–Trinajstić information content (AvgIpc) is 2.83. The molecule has 0 bridgehead atoms. The average molecular weight is 294 g/mol. The molecule has 2 rings (SSSR count). The molecule has 1 amide bonds. The molecule has 1 aliphatic rings. The number of ether oxygens (including phenoxy) is 1. The standard InChI is InChI=1S/C15H26N4O2/c1-12-10-19(11-13(2)21-12)8-5-4-6-17-15(20)14-16-7-9-18(14)3/h7,9,12-13H,4-6,8,10-11H2,1-3H3,(H,17,20)/t12-,13-/m1/s1. The summed E-state index contributed by atoms with van der Waals surface area (Å²) in [6.45, 7) is 8.01. The maximum Gasteiger partial charge on any atom is 0.287 e. The van der Waals surface area contributed by atoms with Crippen molar-refractivity contribution in [3.63, 3.8) is 0 Å². The minimum atomic E-state index is -0.101. The molecule has 2 heterocycles. The summed E-state index contributed by atoms with van der Waals surface area (Å²) in [5, 5.41) is 2.92. The van der Waals surface area contributed by atoms with Gasteiger partial charge in [-0.25, -0.2) is 4.98 Å². The summed E-state index contributed by atoms with van der Waals surface area (Å²) in [5.74, 6) is 0.363. The third-order valence-electron chi connectivity index (χ3n) is 3.71. The molecule has 0 radical (unpaired) electrons. The molecule has 1 saturated heterocycles. The number of carbonyl (C=O) groups excluding carboxylic acids is 1. The zero-order valence-corrected chi connectivity index (χ0v) is 13.2. The fourth-order valence-corrected chi connectivity index (χ4v) is 2.79. The van der Waals surface area contributed by atoms with Gasteiger partial charge in [-0.15, -0.1) is 0 Å². The van der Waals surface area contributed by atoms with Gasteiger partial charge >= 0.3 is 0 Å². The van der Waals surface area contributed by atoms with E-state index in [1.807, 2.05) is 7.05 Å². The Balaban J connectivity index is 1.60. The molecule has 0 spiro atoms. The fourth-order valence-electron chi connectivity index (χ4n) is 2.79. The predicted molar refractivity (Wildman–Crippen MR) is 81.2 cm³/mol. The lowest BCUT2D eigenvalue weighted by atomic mass is 10.2. The number of imidazole rings is 1. The van der Waals surface area contributed by atoms with Crippen molar-refractivity contribution in [2.75, 3.05) is 26.2 Å². The number of carbonyl (C=O) groups is 1. The van der Waals surface area contributed by atoms with Crippen LogP contribution in [-0.4, -0.2) is 58.7 Å². The van der Waals surface area contributed by atoms with Crippen LogP contribution in [0.1, 0.15) is 37.3 Å². The topological polar surface area (TPSA) is 59.4 Å². The first-order valence-electron chi connectivity index (χ1n) is 7.69. The Labute approximate surface area is 126 Å². The summed E-state index contributed by atoms with van der Waals surface area (Å²) in [6, 6.07) is 0. The number of amides is 1. The van der Waals surface area contributed by atoms with Gasteiger partial charge in [-0.05, 0) is 33.2 Å². The van der Waals surface area contributed by atoms with Gasteiger partial charge in [0.1, 0.15) is 0 Å². The molecule has 0 aliphatic carbocycles. The highest BCUT2D eigenvalue weighted by Crippen LogP contribution is 2.11. The summed E-state index contributed by atoms with van der Waals surface area (Å²) in [4.78, 5) is 18.3. The third-order valence-corrected chi connectivity index (χ3v) is 3.71. The van der Waals surface area contributed by atoms with Crippen LogP contribution in [0, 0.1) is 0 Å². The van der Waals surface area contributed by atoms with Gasteiger partial charge < -0.3 is 14.6 Å². The molecule has 1 aromatic heterocycles. The first kappa shape index (κ1) is 16.0. The normalized spacial score (nSPS) is 23.2. The van der Waals surface area contributed by atoms with Crippen molar-refractivity contribution in [3.8, 4) is 0 Å². The van der Waals surface area contributed by atoms with Crippen molar-refractivity contribution in [1.82, 2.24) is 19.8 Å². The monoisotopic (exact) mass is 294 g/mol. The highest BCUT2D eigenvalue weighted by molar-refractivity contribution is 5.90. The van der Waals surface area contributed by atoms with Crippen molar-refractivity contribution in [2.24, 2.45) is 7.05 Å². The number of unbranched alkanes of at least 4 members (excludes halogenated alkanes) is 1. The van der Waals surface area contributed by atoms with Crippen LogP contribution in [0.15, 0.2) is 12.4 Å². The van der Waals surface area contributed by atoms with Crippen molar-refractivity contribution in [3.05, 3.63) is 18.2 Å². The van der Waals surface area contributed by atoms with Gasteiger partial charge in [-0.2, -0.15) is 0 Å². The Morgan fingerprint density at radius 1 is 1.38 bits per heavy atom. The van der Waals surface area contributed by atoms with E-state index in [0.29, 0.717) is 24.6 Å². The minimum Gasteiger partial charge on any atom is -0.373 e. The molecule has 0 aromatic carbocycles. The van der Waals surface area contributed by atoms with E-state index in [9.17, 15) is 4.79 Å². The summed E-state index contributed by atoms with van der Waals surface area (Å²) in [6.07, 6.45) is 6.11. The van der Waals surface area contributed by atoms with E-state index in [1.165, 1.54) is 0 Å². The second-order valence-electron chi connectivity index (χ2n) is 5.84. The molecule has 0 saturated carbocycles. The van der Waals surface area contributed by atoms with E-state index in [1.54, 1.807) is 17.0 Å². The molecule has 6 heteroatoms. The van der Waals surface area contributed by atoms with E-state index in [0.717, 1.165) is 32.5 Å². The molecular formula is C15H26N4O2. The van der Waals surface area contributed by atoms with Gasteiger partial charge in [0.15, 0.2) is 5.82 Å². The Hall–Kier alpha value is -1.40. The van der Waals surface area contributed by atoms with E-state index in [2.05, 4.69) is 29.0 Å². The molecule has 2 atom stereocenters. The lowest BCUT2D eigenvalue weighted by Crippen LogP contribution is -2.45. The molecule has 21 heavy (non-hydrogen) atoms. The highest BCUT2D eigenvalue weighted by atomic mass is 16.5.